The molecule has 0 aliphatic heterocycles. The van der Waals surface area contributed by atoms with Crippen LogP contribution in [0.2, 0.25) is 0 Å². The summed E-state index contributed by atoms with van der Waals surface area (Å²) in [7, 11) is 0. The predicted molar refractivity (Wildman–Crippen MR) is 44.5 cm³/mol. The van der Waals surface area contributed by atoms with E-state index in [1.807, 2.05) is 0 Å². The molecule has 0 atom stereocenters. The summed E-state index contributed by atoms with van der Waals surface area (Å²) in [5, 5.41) is 0. The number of rotatable bonds is 0. The molecule has 0 amide bonds. The first kappa shape index (κ1) is 7.66. The second-order valence-corrected chi connectivity index (χ2v) is 4.75. The van der Waals surface area contributed by atoms with E-state index < -0.39 is 0 Å². The van der Waals surface area contributed by atoms with E-state index in [0.29, 0.717) is 16.7 Å². The minimum Gasteiger partial charge on any atom is -0.120 e. The monoisotopic (exact) mass is 136 g/mol. The Kier molecular flexibility index (Phi) is 1.37. The molecule has 0 radical (unpaired) electrons. The van der Waals surface area contributed by atoms with E-state index in [0.717, 1.165) is 0 Å². The summed E-state index contributed by atoms with van der Waals surface area (Å²) >= 11 is 0. The van der Waals surface area contributed by atoms with E-state index in [1.165, 1.54) is 6.42 Å². The largest absolute Gasteiger partial charge is 0.120 e. The standard InChI is InChI=1S/C10H16/c1-6-8-9(2,3)7-10(8,4)5/h1,8H,7H2,2-5H3. The van der Waals surface area contributed by atoms with E-state index in [4.69, 9.17) is 6.42 Å². The van der Waals surface area contributed by atoms with Crippen molar-refractivity contribution >= 4 is 0 Å². The van der Waals surface area contributed by atoms with Gasteiger partial charge in [-0.25, -0.2) is 0 Å². The number of hydrogen-bond donors (Lipinski definition) is 0. The second-order valence-electron chi connectivity index (χ2n) is 4.75. The van der Waals surface area contributed by atoms with Gasteiger partial charge in [-0.3, -0.25) is 0 Å². The topological polar surface area (TPSA) is 0 Å². The highest BCUT2D eigenvalue weighted by Gasteiger charge is 2.51. The van der Waals surface area contributed by atoms with E-state index in [-0.39, 0.29) is 0 Å². The van der Waals surface area contributed by atoms with Gasteiger partial charge in [-0.1, -0.05) is 27.7 Å². The lowest BCUT2D eigenvalue weighted by Crippen LogP contribution is -2.49. The smallest absolute Gasteiger partial charge is 0.0302 e. The van der Waals surface area contributed by atoms with Crippen molar-refractivity contribution in [3.05, 3.63) is 0 Å². The van der Waals surface area contributed by atoms with E-state index in [2.05, 4.69) is 33.6 Å². The Balaban J connectivity index is 2.76. The lowest BCUT2D eigenvalue weighted by Gasteiger charge is -2.55. The Bertz CT molecular complexity index is 165. The molecule has 0 saturated heterocycles. The van der Waals surface area contributed by atoms with Crippen LogP contribution in [-0.2, 0) is 0 Å². The molecule has 1 saturated carbocycles. The first-order valence-electron chi connectivity index (χ1n) is 3.86. The maximum atomic E-state index is 5.44. The van der Waals surface area contributed by atoms with Gasteiger partial charge in [0.25, 0.3) is 0 Å². The van der Waals surface area contributed by atoms with Crippen LogP contribution in [0.25, 0.3) is 0 Å². The fourth-order valence-electron chi connectivity index (χ4n) is 2.76. The van der Waals surface area contributed by atoms with Crippen LogP contribution in [0.1, 0.15) is 34.1 Å². The molecule has 0 heteroatoms. The lowest BCUT2D eigenvalue weighted by molar-refractivity contribution is -0.0400. The molecule has 0 bridgehead atoms. The fourth-order valence-corrected chi connectivity index (χ4v) is 2.76. The van der Waals surface area contributed by atoms with Gasteiger partial charge in [0.2, 0.25) is 0 Å². The van der Waals surface area contributed by atoms with Crippen LogP contribution in [0.3, 0.4) is 0 Å². The van der Waals surface area contributed by atoms with Gasteiger partial charge in [0.15, 0.2) is 0 Å². The number of terminal acetylenes is 1. The van der Waals surface area contributed by atoms with Crippen molar-refractivity contribution in [3.8, 4) is 12.3 Å². The average Bonchev–Trinajstić information content (AvgIpc) is 1.59. The van der Waals surface area contributed by atoms with Crippen molar-refractivity contribution in [1.29, 1.82) is 0 Å². The third-order valence-electron chi connectivity index (χ3n) is 2.64. The summed E-state index contributed by atoms with van der Waals surface area (Å²) in [4.78, 5) is 0. The minimum atomic E-state index is 0.387. The highest BCUT2D eigenvalue weighted by Crippen LogP contribution is 2.58. The molecule has 0 N–H and O–H groups in total. The van der Waals surface area contributed by atoms with Gasteiger partial charge in [0.05, 0.1) is 0 Å². The third-order valence-corrected chi connectivity index (χ3v) is 2.64. The SMILES string of the molecule is C#CC1C(C)(C)CC1(C)C. The summed E-state index contributed by atoms with van der Waals surface area (Å²) in [5.41, 5.74) is 0.774. The molecule has 1 fully saturated rings. The van der Waals surface area contributed by atoms with E-state index >= 15 is 0 Å². The van der Waals surface area contributed by atoms with Crippen molar-refractivity contribution < 1.29 is 0 Å². The predicted octanol–water partition coefficient (Wildman–Crippen LogP) is 2.69. The van der Waals surface area contributed by atoms with Gasteiger partial charge in [0, 0.05) is 5.92 Å². The summed E-state index contributed by atoms with van der Waals surface area (Å²) in [5.74, 6) is 3.35. The quantitative estimate of drug-likeness (QED) is 0.449. The van der Waals surface area contributed by atoms with Gasteiger partial charge in [-0.15, -0.1) is 12.3 Å². The van der Waals surface area contributed by atoms with Crippen molar-refractivity contribution in [2.75, 3.05) is 0 Å². The molecular weight excluding hydrogens is 120 g/mol. The molecule has 0 unspecified atom stereocenters. The fraction of sp³-hybridized carbons (Fsp3) is 0.800. The Morgan fingerprint density at radius 3 is 1.70 bits per heavy atom. The Hall–Kier alpha value is -0.440. The molecular formula is C10H16. The van der Waals surface area contributed by atoms with Gasteiger partial charge in [-0.05, 0) is 17.3 Å². The van der Waals surface area contributed by atoms with Gasteiger partial charge in [0.1, 0.15) is 0 Å². The molecule has 56 valence electrons. The Morgan fingerprint density at radius 1 is 1.20 bits per heavy atom. The molecule has 1 aliphatic carbocycles. The normalized spacial score (nSPS) is 28.7. The molecule has 0 aromatic rings. The lowest BCUT2D eigenvalue weighted by atomic mass is 9.48. The molecule has 10 heavy (non-hydrogen) atoms. The van der Waals surface area contributed by atoms with Crippen LogP contribution in [0, 0.1) is 29.1 Å². The van der Waals surface area contributed by atoms with Crippen LogP contribution >= 0.6 is 0 Å². The molecule has 0 nitrogen and oxygen atoms in total. The van der Waals surface area contributed by atoms with E-state index in [1.54, 1.807) is 0 Å². The minimum absolute atomic E-state index is 0.387. The summed E-state index contributed by atoms with van der Waals surface area (Å²) in [6.45, 7) is 9.01. The second kappa shape index (κ2) is 1.78. The summed E-state index contributed by atoms with van der Waals surface area (Å²) in [6.07, 6.45) is 6.69. The van der Waals surface area contributed by atoms with Crippen LogP contribution < -0.4 is 0 Å². The first-order chi connectivity index (χ1) is 4.40. The summed E-state index contributed by atoms with van der Waals surface area (Å²) < 4.78 is 0. The van der Waals surface area contributed by atoms with Crippen LogP contribution in [-0.4, -0.2) is 0 Å². The Labute approximate surface area is 64.0 Å². The Morgan fingerprint density at radius 2 is 1.60 bits per heavy atom. The average molecular weight is 136 g/mol. The van der Waals surface area contributed by atoms with Crippen molar-refractivity contribution in [1.82, 2.24) is 0 Å². The zero-order valence-corrected chi connectivity index (χ0v) is 7.36. The third kappa shape index (κ3) is 0.850. The summed E-state index contributed by atoms with van der Waals surface area (Å²) in [6, 6.07) is 0. The molecule has 0 heterocycles. The van der Waals surface area contributed by atoms with Crippen LogP contribution in [0.15, 0.2) is 0 Å². The molecule has 0 spiro atoms. The van der Waals surface area contributed by atoms with Crippen molar-refractivity contribution in [2.45, 2.75) is 34.1 Å². The number of hydrogen-bond acceptors (Lipinski definition) is 0. The molecule has 1 aliphatic rings. The van der Waals surface area contributed by atoms with Crippen molar-refractivity contribution in [3.63, 3.8) is 0 Å². The van der Waals surface area contributed by atoms with Crippen LogP contribution in [0.5, 0.6) is 0 Å². The zero-order valence-electron chi connectivity index (χ0n) is 7.36. The highest BCUT2D eigenvalue weighted by molar-refractivity contribution is 5.14. The van der Waals surface area contributed by atoms with Gasteiger partial charge in [-0.2, -0.15) is 0 Å². The molecule has 1 rings (SSSR count). The maximum absolute atomic E-state index is 5.44. The van der Waals surface area contributed by atoms with Gasteiger partial charge < -0.3 is 0 Å². The highest BCUT2D eigenvalue weighted by atomic mass is 14.5. The molecule has 0 aromatic carbocycles. The van der Waals surface area contributed by atoms with E-state index in [9.17, 15) is 0 Å². The molecule has 0 aromatic heterocycles. The van der Waals surface area contributed by atoms with Crippen molar-refractivity contribution in [2.24, 2.45) is 16.7 Å². The zero-order chi connectivity index (χ0) is 7.99. The van der Waals surface area contributed by atoms with Gasteiger partial charge >= 0.3 is 0 Å². The first-order valence-corrected chi connectivity index (χ1v) is 3.86. The maximum Gasteiger partial charge on any atom is 0.0302 e. The van der Waals surface area contributed by atoms with Crippen LogP contribution in [0.4, 0.5) is 0 Å².